The van der Waals surface area contributed by atoms with Crippen LogP contribution in [0.15, 0.2) is 108 Å². The summed E-state index contributed by atoms with van der Waals surface area (Å²) in [5.74, 6) is -1.22. The fourth-order valence-corrected chi connectivity index (χ4v) is 4.48. The number of sulfonamides is 1. The number of para-hydroxylation sites is 1. The highest BCUT2D eigenvalue weighted by Gasteiger charge is 2.30. The van der Waals surface area contributed by atoms with Gasteiger partial charge in [-0.2, -0.15) is 13.2 Å². The molecule has 7 nitrogen and oxygen atoms in total. The molecule has 11 heteroatoms. The number of hydrogen-bond acceptors (Lipinski definition) is 4. The topological polar surface area (TPSA) is 104 Å². The number of benzene rings is 4. The fraction of sp³-hybridized carbons (Fsp3) is 0.0370. The van der Waals surface area contributed by atoms with Crippen molar-refractivity contribution in [1.82, 2.24) is 0 Å². The molecule has 0 aliphatic rings. The molecular formula is C27H20F3N3O4S. The van der Waals surface area contributed by atoms with Crippen LogP contribution in [0, 0.1) is 0 Å². The molecular weight excluding hydrogens is 519 g/mol. The number of hydrogen-bond donors (Lipinski definition) is 3. The van der Waals surface area contributed by atoms with Crippen LogP contribution < -0.4 is 15.4 Å². The van der Waals surface area contributed by atoms with Gasteiger partial charge in [0.05, 0.1) is 10.5 Å². The summed E-state index contributed by atoms with van der Waals surface area (Å²) in [6.07, 6.45) is -4.55. The lowest BCUT2D eigenvalue weighted by atomic mass is 10.1. The first-order valence-electron chi connectivity index (χ1n) is 11.1. The van der Waals surface area contributed by atoms with E-state index < -0.39 is 33.6 Å². The van der Waals surface area contributed by atoms with Crippen molar-refractivity contribution in [2.45, 2.75) is 11.1 Å². The molecule has 194 valence electrons. The molecule has 2 amide bonds. The lowest BCUT2D eigenvalue weighted by Crippen LogP contribution is -2.16. The predicted molar refractivity (Wildman–Crippen MR) is 137 cm³/mol. The van der Waals surface area contributed by atoms with Crippen molar-refractivity contribution < 1.29 is 31.2 Å². The zero-order chi connectivity index (χ0) is 27.3. The molecule has 0 saturated carbocycles. The van der Waals surface area contributed by atoms with Gasteiger partial charge in [-0.3, -0.25) is 14.3 Å². The van der Waals surface area contributed by atoms with Gasteiger partial charge in [0.15, 0.2) is 0 Å². The third-order valence-electron chi connectivity index (χ3n) is 5.28. The zero-order valence-electron chi connectivity index (χ0n) is 19.5. The second kappa shape index (κ2) is 10.8. The highest BCUT2D eigenvalue weighted by atomic mass is 32.2. The van der Waals surface area contributed by atoms with E-state index in [4.69, 9.17) is 0 Å². The van der Waals surface area contributed by atoms with Gasteiger partial charge in [-0.15, -0.1) is 0 Å². The Morgan fingerprint density at radius 3 is 1.79 bits per heavy atom. The highest BCUT2D eigenvalue weighted by molar-refractivity contribution is 7.92. The largest absolute Gasteiger partial charge is 0.416 e. The number of anilines is 3. The van der Waals surface area contributed by atoms with Crippen molar-refractivity contribution in [3.05, 3.63) is 120 Å². The minimum absolute atomic E-state index is 0.0314. The standard InChI is InChI=1S/C27H20F3N3O4S/c28-27(29,30)20-7-5-11-23(17-20)32-26(35)19-6-4-10-22(16-19)31-25(34)18-12-14-24(15-13-18)38(36,37)33-21-8-2-1-3-9-21/h1-17,33H,(H,31,34)(H,32,35). The monoisotopic (exact) mass is 539 g/mol. The smallest absolute Gasteiger partial charge is 0.322 e. The van der Waals surface area contributed by atoms with E-state index in [1.54, 1.807) is 30.3 Å². The summed E-state index contributed by atoms with van der Waals surface area (Å²) in [5, 5.41) is 5.02. The molecule has 0 aliphatic carbocycles. The average molecular weight is 540 g/mol. The van der Waals surface area contributed by atoms with Gasteiger partial charge < -0.3 is 10.6 Å². The molecule has 4 aromatic carbocycles. The summed E-state index contributed by atoms with van der Waals surface area (Å²) in [7, 11) is -3.86. The van der Waals surface area contributed by atoms with Crippen LogP contribution in [0.3, 0.4) is 0 Å². The summed E-state index contributed by atoms with van der Waals surface area (Å²) in [6, 6.07) is 23.7. The van der Waals surface area contributed by atoms with E-state index in [2.05, 4.69) is 15.4 Å². The van der Waals surface area contributed by atoms with Crippen LogP contribution in [0.2, 0.25) is 0 Å². The normalized spacial score (nSPS) is 11.4. The Kier molecular flexibility index (Phi) is 7.49. The molecule has 0 fully saturated rings. The summed E-state index contributed by atoms with van der Waals surface area (Å²) in [5.41, 5.74) is -0.00131. The molecule has 0 radical (unpaired) electrons. The van der Waals surface area contributed by atoms with E-state index in [9.17, 15) is 31.2 Å². The van der Waals surface area contributed by atoms with E-state index >= 15 is 0 Å². The Morgan fingerprint density at radius 2 is 1.16 bits per heavy atom. The minimum atomic E-state index is -4.55. The highest BCUT2D eigenvalue weighted by Crippen LogP contribution is 2.30. The Bertz CT molecular complexity index is 1570. The first kappa shape index (κ1) is 26.4. The molecule has 4 aromatic rings. The van der Waals surface area contributed by atoms with E-state index in [-0.39, 0.29) is 27.4 Å². The van der Waals surface area contributed by atoms with Gasteiger partial charge in [-0.05, 0) is 72.8 Å². The number of carbonyl (C=O) groups excluding carboxylic acids is 2. The Balaban J connectivity index is 1.42. The fourth-order valence-electron chi connectivity index (χ4n) is 3.42. The van der Waals surface area contributed by atoms with E-state index in [1.165, 1.54) is 60.7 Å². The van der Waals surface area contributed by atoms with Crippen LogP contribution in [0.5, 0.6) is 0 Å². The van der Waals surface area contributed by atoms with Gasteiger partial charge in [0.2, 0.25) is 0 Å². The van der Waals surface area contributed by atoms with Crippen LogP contribution in [-0.4, -0.2) is 20.2 Å². The van der Waals surface area contributed by atoms with Crippen LogP contribution in [0.4, 0.5) is 30.2 Å². The molecule has 0 aromatic heterocycles. The minimum Gasteiger partial charge on any atom is -0.322 e. The average Bonchev–Trinajstić information content (AvgIpc) is 2.89. The van der Waals surface area contributed by atoms with E-state index in [0.717, 1.165) is 12.1 Å². The SMILES string of the molecule is O=C(Nc1cccc(C(=O)Nc2cccc(C(F)(F)F)c2)c1)c1ccc(S(=O)(=O)Nc2ccccc2)cc1. The molecule has 0 saturated heterocycles. The first-order valence-corrected chi connectivity index (χ1v) is 12.6. The number of carbonyl (C=O) groups is 2. The van der Waals surface area contributed by atoms with Crippen molar-refractivity contribution in [2.75, 3.05) is 15.4 Å². The number of halogens is 3. The Hall–Kier alpha value is -4.64. The molecule has 4 rings (SSSR count). The maximum Gasteiger partial charge on any atom is 0.416 e. The third kappa shape index (κ3) is 6.56. The van der Waals surface area contributed by atoms with Crippen molar-refractivity contribution in [2.24, 2.45) is 0 Å². The van der Waals surface area contributed by atoms with Gasteiger partial charge in [0.25, 0.3) is 21.8 Å². The predicted octanol–water partition coefficient (Wildman–Crippen LogP) is 6.01. The summed E-state index contributed by atoms with van der Waals surface area (Å²) < 4.78 is 66.4. The van der Waals surface area contributed by atoms with Crippen LogP contribution in [-0.2, 0) is 16.2 Å². The van der Waals surface area contributed by atoms with Crippen molar-refractivity contribution >= 4 is 38.9 Å². The van der Waals surface area contributed by atoms with Crippen LogP contribution >= 0.6 is 0 Å². The number of amides is 2. The number of alkyl halides is 3. The lowest BCUT2D eigenvalue weighted by Gasteiger charge is -2.11. The quantitative estimate of drug-likeness (QED) is 0.268. The van der Waals surface area contributed by atoms with Gasteiger partial charge in [-0.25, -0.2) is 8.42 Å². The maximum absolute atomic E-state index is 12.9. The van der Waals surface area contributed by atoms with Crippen LogP contribution in [0.25, 0.3) is 0 Å². The second-order valence-corrected chi connectivity index (χ2v) is 9.75. The van der Waals surface area contributed by atoms with Gasteiger partial charge in [0.1, 0.15) is 0 Å². The third-order valence-corrected chi connectivity index (χ3v) is 6.68. The molecule has 0 aliphatic heterocycles. The number of nitrogens with one attached hydrogen (secondary N) is 3. The summed E-state index contributed by atoms with van der Waals surface area (Å²) in [4.78, 5) is 25.2. The van der Waals surface area contributed by atoms with Crippen LogP contribution in [0.1, 0.15) is 26.3 Å². The second-order valence-electron chi connectivity index (χ2n) is 8.06. The van der Waals surface area contributed by atoms with Gasteiger partial charge in [0, 0.05) is 28.2 Å². The van der Waals surface area contributed by atoms with E-state index in [0.29, 0.717) is 5.69 Å². The first-order chi connectivity index (χ1) is 18.0. The molecule has 38 heavy (non-hydrogen) atoms. The van der Waals surface area contributed by atoms with Crippen molar-refractivity contribution in [3.63, 3.8) is 0 Å². The maximum atomic E-state index is 12.9. The van der Waals surface area contributed by atoms with Gasteiger partial charge in [-0.1, -0.05) is 30.3 Å². The van der Waals surface area contributed by atoms with Crippen molar-refractivity contribution in [3.8, 4) is 0 Å². The molecule has 3 N–H and O–H groups in total. The molecule has 0 spiro atoms. The Morgan fingerprint density at radius 1 is 0.605 bits per heavy atom. The van der Waals surface area contributed by atoms with E-state index in [1.807, 2.05) is 0 Å². The lowest BCUT2D eigenvalue weighted by molar-refractivity contribution is -0.137. The zero-order valence-corrected chi connectivity index (χ0v) is 20.3. The van der Waals surface area contributed by atoms with Gasteiger partial charge >= 0.3 is 6.18 Å². The molecule has 0 atom stereocenters. The number of rotatable bonds is 7. The molecule has 0 heterocycles. The summed E-state index contributed by atoms with van der Waals surface area (Å²) in [6.45, 7) is 0. The molecule has 0 bridgehead atoms. The summed E-state index contributed by atoms with van der Waals surface area (Å²) >= 11 is 0. The van der Waals surface area contributed by atoms with Crippen molar-refractivity contribution in [1.29, 1.82) is 0 Å². The Labute approximate surface area is 216 Å². The molecule has 0 unspecified atom stereocenters.